The Balaban J connectivity index is 2.16. The highest BCUT2D eigenvalue weighted by atomic mass is 32.2. The first-order chi connectivity index (χ1) is 10.6. The average molecular weight is 353 g/mol. The van der Waals surface area contributed by atoms with E-state index >= 15 is 0 Å². The summed E-state index contributed by atoms with van der Waals surface area (Å²) in [5.41, 5.74) is 0.735. The zero-order valence-electron chi connectivity index (χ0n) is 12.5. The zero-order valence-corrected chi connectivity index (χ0v) is 14.1. The fourth-order valence-corrected chi connectivity index (χ4v) is 3.10. The van der Waals surface area contributed by atoms with Crippen LogP contribution < -0.4 is 5.32 Å². The maximum absolute atomic E-state index is 12.1. The Hall–Kier alpha value is -2.19. The number of nitrogens with one attached hydrogen (secondary N) is 1. The van der Waals surface area contributed by atoms with Gasteiger partial charge in [-0.3, -0.25) is 4.79 Å². The topological polar surface area (TPSA) is 97.4 Å². The lowest BCUT2D eigenvalue weighted by Crippen LogP contribution is -2.12. The molecule has 0 unspecified atom stereocenters. The number of carbonyl (C=O) groups is 1. The van der Waals surface area contributed by atoms with Crippen LogP contribution in [0.15, 0.2) is 58.3 Å². The van der Waals surface area contributed by atoms with Gasteiger partial charge in [0.1, 0.15) is 0 Å². The lowest BCUT2D eigenvalue weighted by molar-refractivity contribution is 0.102. The van der Waals surface area contributed by atoms with Crippen molar-refractivity contribution in [2.75, 3.05) is 17.8 Å². The van der Waals surface area contributed by atoms with Crippen molar-refractivity contribution in [1.82, 2.24) is 0 Å². The number of sulfone groups is 2. The number of hydrogen-bond donors (Lipinski definition) is 1. The first kappa shape index (κ1) is 17.2. The van der Waals surface area contributed by atoms with Crippen LogP contribution in [0.3, 0.4) is 0 Å². The van der Waals surface area contributed by atoms with Crippen molar-refractivity contribution >= 4 is 31.3 Å². The van der Waals surface area contributed by atoms with Crippen LogP contribution in [0.1, 0.15) is 10.4 Å². The zero-order chi connectivity index (χ0) is 17.3. The van der Waals surface area contributed by atoms with E-state index in [4.69, 9.17) is 0 Å². The molecule has 2 rings (SSSR count). The van der Waals surface area contributed by atoms with Crippen molar-refractivity contribution in [3.8, 4) is 0 Å². The summed E-state index contributed by atoms with van der Waals surface area (Å²) in [6.07, 6.45) is 2.19. The fraction of sp³-hybridized carbons (Fsp3) is 0.133. The minimum atomic E-state index is -3.31. The molecule has 1 amide bonds. The summed E-state index contributed by atoms with van der Waals surface area (Å²) < 4.78 is 45.5. The third-order valence-electron chi connectivity index (χ3n) is 3.08. The first-order valence-corrected chi connectivity index (χ1v) is 10.3. The highest BCUT2D eigenvalue weighted by molar-refractivity contribution is 7.91. The number of anilines is 1. The van der Waals surface area contributed by atoms with E-state index in [-0.39, 0.29) is 9.79 Å². The molecule has 0 radical (unpaired) electrons. The second-order valence-electron chi connectivity index (χ2n) is 5.05. The highest BCUT2D eigenvalue weighted by Gasteiger charge is 2.11. The van der Waals surface area contributed by atoms with E-state index in [0.717, 1.165) is 12.5 Å². The summed E-state index contributed by atoms with van der Waals surface area (Å²) in [5, 5.41) is 2.61. The quantitative estimate of drug-likeness (QED) is 0.903. The van der Waals surface area contributed by atoms with Gasteiger partial charge in [-0.25, -0.2) is 16.8 Å². The molecule has 23 heavy (non-hydrogen) atoms. The van der Waals surface area contributed by atoms with Crippen LogP contribution >= 0.6 is 0 Å². The van der Waals surface area contributed by atoms with Crippen LogP contribution in [0.2, 0.25) is 0 Å². The van der Waals surface area contributed by atoms with Crippen molar-refractivity contribution in [2.45, 2.75) is 9.79 Å². The molecular formula is C15H15NO5S2. The summed E-state index contributed by atoms with van der Waals surface area (Å²) in [7, 11) is -6.60. The van der Waals surface area contributed by atoms with Gasteiger partial charge < -0.3 is 5.32 Å². The van der Waals surface area contributed by atoms with Crippen molar-refractivity contribution < 1.29 is 21.6 Å². The molecule has 0 heterocycles. The van der Waals surface area contributed by atoms with Gasteiger partial charge in [0.05, 0.1) is 9.79 Å². The molecule has 0 fully saturated rings. The molecule has 1 N–H and O–H groups in total. The molecule has 0 aliphatic heterocycles. The minimum Gasteiger partial charge on any atom is -0.322 e. The molecule has 0 bridgehead atoms. The Morgan fingerprint density at radius 3 is 1.52 bits per heavy atom. The van der Waals surface area contributed by atoms with E-state index in [2.05, 4.69) is 5.32 Å². The molecule has 0 saturated carbocycles. The van der Waals surface area contributed by atoms with Crippen molar-refractivity contribution in [3.63, 3.8) is 0 Å². The summed E-state index contributed by atoms with van der Waals surface area (Å²) in [6.45, 7) is 0. The Labute approximate surface area is 135 Å². The molecule has 0 aliphatic rings. The number of benzene rings is 2. The second kappa shape index (κ2) is 6.13. The normalized spacial score (nSPS) is 11.9. The maximum Gasteiger partial charge on any atom is 0.255 e. The predicted molar refractivity (Wildman–Crippen MR) is 87.1 cm³/mol. The number of hydrogen-bond acceptors (Lipinski definition) is 5. The van der Waals surface area contributed by atoms with Crippen LogP contribution in [0.5, 0.6) is 0 Å². The molecular weight excluding hydrogens is 338 g/mol. The standard InChI is InChI=1S/C15H15NO5S2/c1-22(18,19)13-7-3-11(4-8-13)15(17)16-12-5-9-14(10-6-12)23(2,20)21/h3-10H,1-2H3,(H,16,17). The molecule has 6 nitrogen and oxygen atoms in total. The van der Waals surface area contributed by atoms with E-state index in [1.54, 1.807) is 0 Å². The molecule has 0 aromatic heterocycles. The van der Waals surface area contributed by atoms with Gasteiger partial charge in [0.15, 0.2) is 19.7 Å². The summed E-state index contributed by atoms with van der Waals surface area (Å²) in [5.74, 6) is -0.419. The van der Waals surface area contributed by atoms with Gasteiger partial charge in [-0.05, 0) is 48.5 Å². The highest BCUT2D eigenvalue weighted by Crippen LogP contribution is 2.16. The lowest BCUT2D eigenvalue weighted by Gasteiger charge is -2.07. The first-order valence-electron chi connectivity index (χ1n) is 6.49. The Morgan fingerprint density at radius 2 is 1.13 bits per heavy atom. The minimum absolute atomic E-state index is 0.131. The molecule has 2 aromatic carbocycles. The Morgan fingerprint density at radius 1 is 0.739 bits per heavy atom. The molecule has 0 saturated heterocycles. The van der Waals surface area contributed by atoms with Crippen molar-refractivity contribution in [1.29, 1.82) is 0 Å². The maximum atomic E-state index is 12.1. The van der Waals surface area contributed by atoms with Gasteiger partial charge in [-0.15, -0.1) is 0 Å². The molecule has 8 heteroatoms. The van der Waals surface area contributed by atoms with Crippen LogP contribution in [0.4, 0.5) is 5.69 Å². The van der Waals surface area contributed by atoms with E-state index in [1.807, 2.05) is 0 Å². The number of rotatable bonds is 4. The third kappa shape index (κ3) is 4.40. The van der Waals surface area contributed by atoms with E-state index in [1.165, 1.54) is 48.5 Å². The molecule has 0 atom stereocenters. The average Bonchev–Trinajstić information content (AvgIpc) is 2.46. The molecule has 122 valence electrons. The largest absolute Gasteiger partial charge is 0.322 e. The Bertz CT molecular complexity index is 928. The summed E-state index contributed by atoms with van der Waals surface area (Å²) >= 11 is 0. The van der Waals surface area contributed by atoms with Gasteiger partial charge in [0, 0.05) is 23.8 Å². The van der Waals surface area contributed by atoms with E-state index in [9.17, 15) is 21.6 Å². The SMILES string of the molecule is CS(=O)(=O)c1ccc(NC(=O)c2ccc(S(C)(=O)=O)cc2)cc1. The number of carbonyl (C=O) groups excluding carboxylic acids is 1. The van der Waals surface area contributed by atoms with Crippen molar-refractivity contribution in [2.24, 2.45) is 0 Å². The van der Waals surface area contributed by atoms with Crippen molar-refractivity contribution in [3.05, 3.63) is 54.1 Å². The molecule has 0 spiro atoms. The van der Waals surface area contributed by atoms with Crippen LogP contribution in [-0.4, -0.2) is 35.3 Å². The lowest BCUT2D eigenvalue weighted by atomic mass is 10.2. The molecule has 2 aromatic rings. The van der Waals surface area contributed by atoms with Gasteiger partial charge in [0.2, 0.25) is 0 Å². The van der Waals surface area contributed by atoms with Crippen LogP contribution in [0.25, 0.3) is 0 Å². The van der Waals surface area contributed by atoms with Gasteiger partial charge in [0.25, 0.3) is 5.91 Å². The smallest absolute Gasteiger partial charge is 0.255 e. The monoisotopic (exact) mass is 353 g/mol. The van der Waals surface area contributed by atoms with E-state index in [0.29, 0.717) is 11.3 Å². The Kier molecular flexibility index (Phi) is 4.58. The van der Waals surface area contributed by atoms with Crippen LogP contribution in [-0.2, 0) is 19.7 Å². The van der Waals surface area contributed by atoms with Crippen LogP contribution in [0, 0.1) is 0 Å². The summed E-state index contributed by atoms with van der Waals surface area (Å²) in [6, 6.07) is 11.3. The molecule has 0 aliphatic carbocycles. The fourth-order valence-electron chi connectivity index (χ4n) is 1.84. The number of amides is 1. The van der Waals surface area contributed by atoms with Gasteiger partial charge in [-0.2, -0.15) is 0 Å². The van der Waals surface area contributed by atoms with Gasteiger partial charge >= 0.3 is 0 Å². The van der Waals surface area contributed by atoms with Gasteiger partial charge in [-0.1, -0.05) is 0 Å². The predicted octanol–water partition coefficient (Wildman–Crippen LogP) is 1.75. The second-order valence-corrected chi connectivity index (χ2v) is 9.08. The summed E-state index contributed by atoms with van der Waals surface area (Å²) in [4.78, 5) is 12.4. The van der Waals surface area contributed by atoms with E-state index < -0.39 is 25.6 Å². The third-order valence-corrected chi connectivity index (χ3v) is 5.34.